The maximum absolute atomic E-state index is 3.67. The van der Waals surface area contributed by atoms with E-state index >= 15 is 0 Å². The summed E-state index contributed by atoms with van der Waals surface area (Å²) in [7, 11) is 0. The maximum atomic E-state index is 3.67. The van der Waals surface area contributed by atoms with E-state index < -0.39 is 0 Å². The molecule has 0 radical (unpaired) electrons. The first kappa shape index (κ1) is 16.3. The van der Waals surface area contributed by atoms with Crippen LogP contribution in [0.1, 0.15) is 56.0 Å². The fourth-order valence-corrected chi connectivity index (χ4v) is 2.84. The van der Waals surface area contributed by atoms with Gasteiger partial charge in [-0.3, -0.25) is 0 Å². The van der Waals surface area contributed by atoms with Gasteiger partial charge in [0, 0.05) is 16.6 Å². The largest absolute Gasteiger partial charge is 0.304 e. The second-order valence-corrected chi connectivity index (χ2v) is 6.57. The van der Waals surface area contributed by atoms with E-state index in [2.05, 4.69) is 90.5 Å². The van der Waals surface area contributed by atoms with Crippen LogP contribution in [0.3, 0.4) is 0 Å². The van der Waals surface area contributed by atoms with Crippen molar-refractivity contribution in [1.29, 1.82) is 0 Å². The van der Waals surface area contributed by atoms with Crippen LogP contribution in [0.4, 0.5) is 0 Å². The van der Waals surface area contributed by atoms with E-state index in [0.717, 1.165) is 10.9 Å². The average Bonchev–Trinajstić information content (AvgIpc) is 2.49. The van der Waals surface area contributed by atoms with Crippen molar-refractivity contribution < 1.29 is 0 Å². The topological polar surface area (TPSA) is 12.0 Å². The third kappa shape index (κ3) is 4.69. The van der Waals surface area contributed by atoms with Crippen LogP contribution < -0.4 is 5.32 Å². The lowest BCUT2D eigenvalue weighted by Crippen LogP contribution is -2.22. The number of aryl methyl sites for hydroxylation is 1. The highest BCUT2D eigenvalue weighted by molar-refractivity contribution is 9.10. The molecule has 0 saturated heterocycles. The summed E-state index contributed by atoms with van der Waals surface area (Å²) < 4.78 is 1.12. The van der Waals surface area contributed by atoms with Crippen LogP contribution in [0.5, 0.6) is 0 Å². The predicted molar refractivity (Wildman–Crippen MR) is 94.5 cm³/mol. The molecule has 0 fully saturated rings. The Morgan fingerprint density at radius 2 is 1.33 bits per heavy atom. The monoisotopic (exact) mass is 345 g/mol. The molecule has 2 heteroatoms. The zero-order chi connectivity index (χ0) is 15.2. The molecule has 112 valence electrons. The zero-order valence-electron chi connectivity index (χ0n) is 13.1. The molecule has 0 aliphatic heterocycles. The Morgan fingerprint density at radius 1 is 0.857 bits per heavy atom. The van der Waals surface area contributed by atoms with Crippen LogP contribution in [0.2, 0.25) is 0 Å². The summed E-state index contributed by atoms with van der Waals surface area (Å²) in [5, 5.41) is 3.67. The van der Waals surface area contributed by atoms with Crippen LogP contribution in [0.15, 0.2) is 53.0 Å². The molecule has 2 aromatic carbocycles. The Balaban J connectivity index is 1.99. The number of nitrogens with one attached hydrogen (secondary N) is 1. The van der Waals surface area contributed by atoms with E-state index in [9.17, 15) is 0 Å². The van der Waals surface area contributed by atoms with Gasteiger partial charge in [-0.15, -0.1) is 0 Å². The van der Waals surface area contributed by atoms with Gasteiger partial charge in [-0.2, -0.15) is 0 Å². The van der Waals surface area contributed by atoms with Crippen molar-refractivity contribution in [2.45, 2.75) is 45.7 Å². The minimum Gasteiger partial charge on any atom is -0.304 e. The second kappa shape index (κ2) is 7.77. The smallest absolute Gasteiger partial charge is 0.0297 e. The Labute approximate surface area is 136 Å². The van der Waals surface area contributed by atoms with Gasteiger partial charge >= 0.3 is 0 Å². The molecule has 0 aromatic heterocycles. The second-order valence-electron chi connectivity index (χ2n) is 5.65. The van der Waals surface area contributed by atoms with E-state index in [1.54, 1.807) is 0 Å². The highest BCUT2D eigenvalue weighted by atomic mass is 79.9. The van der Waals surface area contributed by atoms with Crippen molar-refractivity contribution in [3.05, 3.63) is 69.7 Å². The first-order chi connectivity index (χ1) is 10.1. The van der Waals surface area contributed by atoms with Gasteiger partial charge in [0.1, 0.15) is 0 Å². The molecule has 1 nitrogen and oxygen atoms in total. The first-order valence-corrected chi connectivity index (χ1v) is 8.49. The molecule has 2 atom stereocenters. The van der Waals surface area contributed by atoms with Crippen LogP contribution in [-0.2, 0) is 6.42 Å². The summed E-state index contributed by atoms with van der Waals surface area (Å²) >= 11 is 3.48. The SMILES string of the molecule is CCCc1ccc(C(C)N[C@@H](C)c2ccc(Br)cc2)cc1. The molecule has 1 N–H and O–H groups in total. The number of hydrogen-bond acceptors (Lipinski definition) is 1. The van der Waals surface area contributed by atoms with E-state index in [4.69, 9.17) is 0 Å². The minimum absolute atomic E-state index is 0.336. The fourth-order valence-electron chi connectivity index (χ4n) is 2.58. The van der Waals surface area contributed by atoms with Crippen molar-refractivity contribution in [3.8, 4) is 0 Å². The van der Waals surface area contributed by atoms with Crippen LogP contribution in [0.25, 0.3) is 0 Å². The van der Waals surface area contributed by atoms with Crippen molar-refractivity contribution in [2.75, 3.05) is 0 Å². The average molecular weight is 346 g/mol. The third-order valence-electron chi connectivity index (χ3n) is 3.89. The number of benzene rings is 2. The Morgan fingerprint density at radius 3 is 1.81 bits per heavy atom. The van der Waals surface area contributed by atoms with Gasteiger partial charge < -0.3 is 5.32 Å². The van der Waals surface area contributed by atoms with E-state index in [1.165, 1.54) is 23.1 Å². The van der Waals surface area contributed by atoms with Gasteiger partial charge in [0.05, 0.1) is 0 Å². The van der Waals surface area contributed by atoms with Gasteiger partial charge in [-0.25, -0.2) is 0 Å². The van der Waals surface area contributed by atoms with Gasteiger partial charge in [-0.05, 0) is 49.1 Å². The molecule has 0 spiro atoms. The lowest BCUT2D eigenvalue weighted by Gasteiger charge is -2.21. The van der Waals surface area contributed by atoms with E-state index in [1.807, 2.05) is 0 Å². The van der Waals surface area contributed by atoms with Gasteiger partial charge in [0.2, 0.25) is 0 Å². The Hall–Kier alpha value is -1.12. The van der Waals surface area contributed by atoms with E-state index in [0.29, 0.717) is 12.1 Å². The van der Waals surface area contributed by atoms with Gasteiger partial charge in [-0.1, -0.05) is 65.7 Å². The van der Waals surface area contributed by atoms with Crippen molar-refractivity contribution in [1.82, 2.24) is 5.32 Å². The Kier molecular flexibility index (Phi) is 6.01. The lowest BCUT2D eigenvalue weighted by atomic mass is 10.0. The molecule has 2 aromatic rings. The predicted octanol–water partition coefficient (Wildman–Crippen LogP) is 5.81. The first-order valence-electron chi connectivity index (χ1n) is 7.70. The standard InChI is InChI=1S/C19H24BrN/c1-4-5-16-6-8-17(9-7-16)14(2)21-15(3)18-10-12-19(20)13-11-18/h6-15,21H,4-5H2,1-3H3/t14?,15-/m0/s1. The molecule has 0 aliphatic rings. The molecule has 0 bridgehead atoms. The molecule has 1 unspecified atom stereocenters. The zero-order valence-corrected chi connectivity index (χ0v) is 14.7. The summed E-state index contributed by atoms with van der Waals surface area (Å²) in [4.78, 5) is 0. The van der Waals surface area contributed by atoms with Crippen molar-refractivity contribution in [3.63, 3.8) is 0 Å². The minimum atomic E-state index is 0.336. The van der Waals surface area contributed by atoms with E-state index in [-0.39, 0.29) is 0 Å². The Bertz CT molecular complexity index is 545. The van der Waals surface area contributed by atoms with Crippen molar-refractivity contribution in [2.24, 2.45) is 0 Å². The molecule has 21 heavy (non-hydrogen) atoms. The number of rotatable bonds is 6. The molecular weight excluding hydrogens is 322 g/mol. The molecule has 0 saturated carbocycles. The van der Waals surface area contributed by atoms with Gasteiger partial charge in [0.25, 0.3) is 0 Å². The molecule has 0 heterocycles. The number of halogens is 1. The fraction of sp³-hybridized carbons (Fsp3) is 0.368. The quantitative estimate of drug-likeness (QED) is 0.696. The third-order valence-corrected chi connectivity index (χ3v) is 4.42. The summed E-state index contributed by atoms with van der Waals surface area (Å²) in [6.45, 7) is 6.66. The molecule has 2 rings (SSSR count). The molecule has 0 aliphatic carbocycles. The molecule has 0 amide bonds. The highest BCUT2D eigenvalue weighted by Crippen LogP contribution is 2.21. The van der Waals surface area contributed by atoms with Gasteiger partial charge in [0.15, 0.2) is 0 Å². The normalized spacial score (nSPS) is 13.9. The summed E-state index contributed by atoms with van der Waals surface area (Å²) in [6, 6.07) is 18.2. The summed E-state index contributed by atoms with van der Waals surface area (Å²) in [5.41, 5.74) is 4.08. The van der Waals surface area contributed by atoms with Crippen LogP contribution in [0, 0.1) is 0 Å². The van der Waals surface area contributed by atoms with Crippen LogP contribution in [-0.4, -0.2) is 0 Å². The maximum Gasteiger partial charge on any atom is 0.0297 e. The lowest BCUT2D eigenvalue weighted by molar-refractivity contribution is 0.494. The van der Waals surface area contributed by atoms with Crippen LogP contribution >= 0.6 is 15.9 Å². The summed E-state index contributed by atoms with van der Waals surface area (Å²) in [5.74, 6) is 0. The van der Waals surface area contributed by atoms with Crippen molar-refractivity contribution >= 4 is 15.9 Å². The summed E-state index contributed by atoms with van der Waals surface area (Å²) in [6.07, 6.45) is 2.37. The number of hydrogen-bond donors (Lipinski definition) is 1. The molecular formula is C19H24BrN. The highest BCUT2D eigenvalue weighted by Gasteiger charge is 2.11.